The zero-order valence-electron chi connectivity index (χ0n) is 24.3. The Morgan fingerprint density at radius 2 is 1.34 bits per heavy atom. The van der Waals surface area contributed by atoms with Crippen molar-refractivity contribution < 1.29 is 102 Å². The van der Waals surface area contributed by atoms with Crippen LogP contribution < -0.4 is 74.2 Å². The summed E-state index contributed by atoms with van der Waals surface area (Å²) < 4.78 is 31.1. The fourth-order valence-electron chi connectivity index (χ4n) is 3.54. The molecule has 0 aromatic carbocycles. The minimum absolute atomic E-state index is 0. The average Bonchev–Trinajstić information content (AvgIpc) is 2.81. The van der Waals surface area contributed by atoms with Crippen LogP contribution in [0, 0.1) is 0 Å². The molecule has 10 nitrogen and oxygen atoms in total. The van der Waals surface area contributed by atoms with Crippen LogP contribution >= 0.6 is 7.82 Å². The first-order chi connectivity index (χ1) is 17.2. The van der Waals surface area contributed by atoms with Crippen LogP contribution in [0.4, 0.5) is 0 Å². The molecular formula is C25H48NNa2O9P. The minimum atomic E-state index is -5.17. The molecule has 0 aliphatic carbocycles. The summed E-state index contributed by atoms with van der Waals surface area (Å²) in [4.78, 5) is 44.4. The zero-order valence-corrected chi connectivity index (χ0v) is 29.2. The molecule has 0 unspecified atom stereocenters. The Morgan fingerprint density at radius 1 is 0.789 bits per heavy atom. The van der Waals surface area contributed by atoms with E-state index in [2.05, 4.69) is 16.8 Å². The van der Waals surface area contributed by atoms with E-state index in [1.807, 2.05) is 0 Å². The molecule has 0 saturated heterocycles. The van der Waals surface area contributed by atoms with Crippen LogP contribution in [0.2, 0.25) is 0 Å². The van der Waals surface area contributed by atoms with Crippen molar-refractivity contribution in [3.05, 3.63) is 0 Å². The van der Waals surface area contributed by atoms with E-state index >= 15 is 0 Å². The Labute approximate surface area is 274 Å². The first kappa shape index (κ1) is 43.4. The molecule has 0 aromatic heterocycles. The second-order valence-electron chi connectivity index (χ2n) is 9.08. The Kier molecular flexibility index (Phi) is 35.3. The van der Waals surface area contributed by atoms with E-state index in [0.717, 1.165) is 70.8 Å². The van der Waals surface area contributed by atoms with Crippen molar-refractivity contribution in [2.75, 3.05) is 33.2 Å². The van der Waals surface area contributed by atoms with Crippen LogP contribution in [-0.2, 0) is 32.9 Å². The molecule has 0 heterocycles. The van der Waals surface area contributed by atoms with E-state index in [1.54, 1.807) is 0 Å². The third-order valence-corrected chi connectivity index (χ3v) is 5.98. The number of rotatable bonds is 26. The molecule has 0 aliphatic heterocycles. The van der Waals surface area contributed by atoms with Crippen molar-refractivity contribution in [2.24, 2.45) is 0 Å². The molecule has 0 rings (SSSR count). The molecule has 38 heavy (non-hydrogen) atoms. The molecule has 0 radical (unpaired) electrons. The normalized spacial score (nSPS) is 11.8. The van der Waals surface area contributed by atoms with E-state index in [9.17, 15) is 23.9 Å². The summed E-state index contributed by atoms with van der Waals surface area (Å²) >= 11 is 0. The summed E-state index contributed by atoms with van der Waals surface area (Å²) in [5, 5.41) is 2.79. The van der Waals surface area contributed by atoms with Crippen molar-refractivity contribution in [1.82, 2.24) is 5.32 Å². The molecule has 0 saturated carbocycles. The Hall–Kier alpha value is 0.970. The van der Waals surface area contributed by atoms with Gasteiger partial charge in [0, 0.05) is 26.5 Å². The first-order valence-electron chi connectivity index (χ1n) is 13.5. The standard InChI is InChI=1S/C25H50NO9P.2Na/c1-3-4-5-6-8-11-14-17-25(28)35-24(21-34-36(29,30)31)20-33-22-32-19-16-13-10-7-9-12-15-18-26-23(2)27;;/h24H,3-22H2,1-2H3,(H,26,27)(H2,29,30,31);;/q;2*+1/p-2/t24-;;/m1../s1. The third kappa shape index (κ3) is 35.0. The number of carbonyl (C=O) groups excluding carboxylic acids is 2. The molecule has 0 fully saturated rings. The van der Waals surface area contributed by atoms with Gasteiger partial charge in [-0.3, -0.25) is 9.59 Å². The average molecular weight is 584 g/mol. The Morgan fingerprint density at radius 3 is 1.92 bits per heavy atom. The van der Waals surface area contributed by atoms with Crippen LogP contribution in [0.25, 0.3) is 0 Å². The number of amides is 1. The molecule has 0 spiro atoms. The minimum Gasteiger partial charge on any atom is -0.790 e. The maximum atomic E-state index is 12.1. The van der Waals surface area contributed by atoms with Gasteiger partial charge in [0.2, 0.25) is 5.91 Å². The molecule has 13 heteroatoms. The molecule has 1 amide bonds. The monoisotopic (exact) mass is 583 g/mol. The van der Waals surface area contributed by atoms with Gasteiger partial charge in [0.25, 0.3) is 0 Å². The molecule has 1 atom stereocenters. The number of phosphoric acid groups is 1. The van der Waals surface area contributed by atoms with E-state index in [4.69, 9.17) is 14.2 Å². The van der Waals surface area contributed by atoms with Crippen molar-refractivity contribution in [1.29, 1.82) is 0 Å². The van der Waals surface area contributed by atoms with Gasteiger partial charge in [-0.2, -0.15) is 0 Å². The van der Waals surface area contributed by atoms with Gasteiger partial charge in [-0.15, -0.1) is 0 Å². The summed E-state index contributed by atoms with van der Waals surface area (Å²) in [5.41, 5.74) is 0. The van der Waals surface area contributed by atoms with Crippen LogP contribution in [0.1, 0.15) is 110 Å². The number of hydrogen-bond donors (Lipinski definition) is 1. The van der Waals surface area contributed by atoms with Gasteiger partial charge in [-0.05, 0) is 19.3 Å². The van der Waals surface area contributed by atoms with Gasteiger partial charge in [-0.25, -0.2) is 0 Å². The van der Waals surface area contributed by atoms with E-state index in [0.29, 0.717) is 13.0 Å². The van der Waals surface area contributed by atoms with E-state index in [-0.39, 0.29) is 84.8 Å². The van der Waals surface area contributed by atoms with Gasteiger partial charge < -0.3 is 38.4 Å². The fraction of sp³-hybridized carbons (Fsp3) is 0.920. The van der Waals surface area contributed by atoms with Crippen molar-refractivity contribution in [3.63, 3.8) is 0 Å². The first-order valence-corrected chi connectivity index (χ1v) is 15.0. The number of esters is 1. The van der Waals surface area contributed by atoms with E-state index in [1.165, 1.54) is 26.2 Å². The molecule has 214 valence electrons. The molecule has 0 bridgehead atoms. The summed E-state index contributed by atoms with van der Waals surface area (Å²) in [6.07, 6.45) is 14.1. The molecule has 0 aromatic rings. The second kappa shape index (κ2) is 30.9. The van der Waals surface area contributed by atoms with Crippen LogP contribution in [-0.4, -0.2) is 51.1 Å². The van der Waals surface area contributed by atoms with Crippen molar-refractivity contribution in [3.8, 4) is 0 Å². The number of unbranched alkanes of at least 4 members (excludes halogenated alkanes) is 12. The maximum absolute atomic E-state index is 12.1. The van der Waals surface area contributed by atoms with Gasteiger partial charge in [0.15, 0.2) is 0 Å². The number of hydrogen-bond acceptors (Lipinski definition) is 9. The predicted octanol–water partition coefficient (Wildman–Crippen LogP) is -2.25. The van der Waals surface area contributed by atoms with Crippen molar-refractivity contribution in [2.45, 2.75) is 116 Å². The van der Waals surface area contributed by atoms with Crippen LogP contribution in [0.3, 0.4) is 0 Å². The molecular weight excluding hydrogens is 535 g/mol. The third-order valence-electron chi connectivity index (χ3n) is 5.51. The zero-order chi connectivity index (χ0) is 26.9. The fourth-order valence-corrected chi connectivity index (χ4v) is 3.89. The number of phosphoric ester groups is 1. The van der Waals surface area contributed by atoms with Gasteiger partial charge >= 0.3 is 65.1 Å². The van der Waals surface area contributed by atoms with Gasteiger partial charge in [0.05, 0.1) is 21.0 Å². The molecule has 1 N–H and O–H groups in total. The Balaban J connectivity index is -0.00000612. The largest absolute Gasteiger partial charge is 1.00 e. The van der Waals surface area contributed by atoms with E-state index < -0.39 is 26.5 Å². The summed E-state index contributed by atoms with van der Waals surface area (Å²) in [7, 11) is -5.17. The van der Waals surface area contributed by atoms with Crippen LogP contribution in [0.5, 0.6) is 0 Å². The smallest absolute Gasteiger partial charge is 0.790 e. The second-order valence-corrected chi connectivity index (χ2v) is 10.2. The predicted molar refractivity (Wildman–Crippen MR) is 134 cm³/mol. The summed E-state index contributed by atoms with van der Waals surface area (Å²) in [5.74, 6) is -0.457. The summed E-state index contributed by atoms with van der Waals surface area (Å²) in [6, 6.07) is 0. The maximum Gasteiger partial charge on any atom is 1.00 e. The topological polar surface area (TPSA) is 146 Å². The Bertz CT molecular complexity index is 597. The number of ether oxygens (including phenoxy) is 3. The van der Waals surface area contributed by atoms with Crippen molar-refractivity contribution >= 4 is 19.7 Å². The molecule has 0 aliphatic rings. The summed E-state index contributed by atoms with van der Waals surface area (Å²) in [6.45, 7) is 4.23. The van der Waals surface area contributed by atoms with Gasteiger partial charge in [-0.1, -0.05) is 77.6 Å². The van der Waals surface area contributed by atoms with Gasteiger partial charge in [0.1, 0.15) is 12.9 Å². The SMILES string of the molecule is CCCCCCCCCC(=O)O[C@H](COCOCCCCCCCCCNC(C)=O)COP(=O)([O-])[O-].[Na+].[Na+]. The number of carbonyl (C=O) groups is 2. The van der Waals surface area contributed by atoms with Crippen LogP contribution in [0.15, 0.2) is 0 Å². The quantitative estimate of drug-likeness (QED) is 0.0392. The number of nitrogens with one attached hydrogen (secondary N) is 1.